The predicted molar refractivity (Wildman–Crippen MR) is 51.9 cm³/mol. The lowest BCUT2D eigenvalue weighted by molar-refractivity contribution is 0.169. The van der Waals surface area contributed by atoms with E-state index in [0.29, 0.717) is 5.75 Å². The number of nitrogens with zero attached hydrogens (tertiary/aromatic N) is 1. The Hall–Kier alpha value is -1.67. The summed E-state index contributed by atoms with van der Waals surface area (Å²) in [6.45, 7) is 0.162. The minimum absolute atomic E-state index is 0.162. The second kappa shape index (κ2) is 5.14. The molecule has 1 rings (SSSR count). The molecule has 0 N–H and O–H groups in total. The maximum atomic E-state index is 10.4. The molecule has 0 heterocycles. The van der Waals surface area contributed by atoms with Crippen LogP contribution < -0.4 is 4.74 Å². The molecule has 0 atom stereocenters. The third kappa shape index (κ3) is 3.37. The van der Waals surface area contributed by atoms with Crippen molar-refractivity contribution in [2.24, 2.45) is 0 Å². The van der Waals surface area contributed by atoms with Crippen LogP contribution in [0.25, 0.3) is 0 Å². The molecule has 0 bridgehead atoms. The lowest BCUT2D eigenvalue weighted by Crippen LogP contribution is -1.94. The van der Waals surface area contributed by atoms with Gasteiger partial charge in [-0.15, -0.1) is 5.26 Å². The summed E-state index contributed by atoms with van der Waals surface area (Å²) in [6, 6.07) is 6.63. The van der Waals surface area contributed by atoms with Gasteiger partial charge in [0.2, 0.25) is 0 Å². The van der Waals surface area contributed by atoms with Gasteiger partial charge in [-0.3, -0.25) is 0 Å². The third-order valence-corrected chi connectivity index (χ3v) is 1.58. The molecule has 0 aromatic heterocycles. The third-order valence-electron chi connectivity index (χ3n) is 1.45. The van der Waals surface area contributed by atoms with Crippen molar-refractivity contribution in [3.05, 3.63) is 29.8 Å². The Kier molecular flexibility index (Phi) is 3.83. The molecule has 4 nitrogen and oxygen atoms in total. The van der Waals surface area contributed by atoms with E-state index in [1.807, 2.05) is 0 Å². The largest absolute Gasteiger partial charge is 0.453 e. The molecule has 1 aromatic rings. The summed E-state index contributed by atoms with van der Waals surface area (Å²) in [5.41, 5.74) is 0.803. The van der Waals surface area contributed by atoms with Gasteiger partial charge in [-0.05, 0) is 17.7 Å². The molecule has 1 aromatic carbocycles. The maximum Gasteiger partial charge on any atom is 0.364 e. The van der Waals surface area contributed by atoms with E-state index in [9.17, 15) is 4.79 Å². The van der Waals surface area contributed by atoms with Crippen LogP contribution in [0.15, 0.2) is 24.3 Å². The van der Waals surface area contributed by atoms with Crippen molar-refractivity contribution in [1.82, 2.24) is 0 Å². The number of carbonyl (C=O) groups excluding carboxylic acids is 1. The van der Waals surface area contributed by atoms with Gasteiger partial charge >= 0.3 is 5.30 Å². The van der Waals surface area contributed by atoms with E-state index in [0.717, 1.165) is 5.56 Å². The molecular weight excluding hydrogens is 202 g/mol. The molecule has 0 saturated carbocycles. The van der Waals surface area contributed by atoms with Crippen molar-refractivity contribution in [2.75, 3.05) is 0 Å². The van der Waals surface area contributed by atoms with E-state index < -0.39 is 5.30 Å². The molecule has 0 radical (unpaired) electrons. The van der Waals surface area contributed by atoms with Crippen molar-refractivity contribution in [1.29, 1.82) is 5.26 Å². The van der Waals surface area contributed by atoms with Gasteiger partial charge < -0.3 is 9.47 Å². The fourth-order valence-electron chi connectivity index (χ4n) is 0.851. The predicted octanol–water partition coefficient (Wildman–Crippen LogP) is 2.11. The standard InChI is InChI=1S/C9H7NO3S/c10-6-13-8-3-1-7(2-4-8)5-12-9(11)14/h1-4H,5H2,(H,11,14). The smallest absolute Gasteiger partial charge is 0.364 e. The molecule has 0 aliphatic rings. The van der Waals surface area contributed by atoms with Crippen molar-refractivity contribution in [3.8, 4) is 12.0 Å². The minimum atomic E-state index is -0.623. The van der Waals surface area contributed by atoms with E-state index in [2.05, 4.69) is 22.1 Å². The topological polar surface area (TPSA) is 59.3 Å². The van der Waals surface area contributed by atoms with Gasteiger partial charge in [0.1, 0.15) is 12.4 Å². The zero-order valence-corrected chi connectivity index (χ0v) is 8.03. The average Bonchev–Trinajstić information content (AvgIpc) is 2.17. The van der Waals surface area contributed by atoms with Crippen LogP contribution in [0, 0.1) is 11.5 Å². The SMILES string of the molecule is N#COc1ccc(COC(=O)S)cc1. The van der Waals surface area contributed by atoms with Gasteiger partial charge in [0, 0.05) is 0 Å². The van der Waals surface area contributed by atoms with Gasteiger partial charge in [0.25, 0.3) is 6.26 Å². The number of thiol groups is 1. The molecule has 72 valence electrons. The number of benzene rings is 1. The molecular formula is C9H7NO3S. The van der Waals surface area contributed by atoms with E-state index in [1.54, 1.807) is 30.5 Å². The van der Waals surface area contributed by atoms with Crippen molar-refractivity contribution in [3.63, 3.8) is 0 Å². The molecule has 0 spiro atoms. The van der Waals surface area contributed by atoms with Gasteiger partial charge in [-0.25, -0.2) is 4.79 Å². The lowest BCUT2D eigenvalue weighted by atomic mass is 10.2. The molecule has 0 aliphatic heterocycles. The first-order valence-electron chi connectivity index (χ1n) is 3.73. The second-order valence-electron chi connectivity index (χ2n) is 2.39. The molecule has 0 aliphatic carbocycles. The van der Waals surface area contributed by atoms with Crippen molar-refractivity contribution < 1.29 is 14.3 Å². The van der Waals surface area contributed by atoms with E-state index in [1.165, 1.54) is 0 Å². The summed E-state index contributed by atoms with van der Waals surface area (Å²) in [7, 11) is 0. The summed E-state index contributed by atoms with van der Waals surface area (Å²) < 4.78 is 9.22. The Bertz CT molecular complexity index is 355. The van der Waals surface area contributed by atoms with E-state index >= 15 is 0 Å². The fourth-order valence-corrected chi connectivity index (χ4v) is 0.916. The van der Waals surface area contributed by atoms with Gasteiger partial charge in [0.05, 0.1) is 0 Å². The zero-order chi connectivity index (χ0) is 10.4. The molecule has 5 heteroatoms. The van der Waals surface area contributed by atoms with Crippen LogP contribution in [0.2, 0.25) is 0 Å². The molecule has 0 saturated heterocycles. The van der Waals surface area contributed by atoms with Gasteiger partial charge in [-0.2, -0.15) is 0 Å². The normalized spacial score (nSPS) is 8.86. The summed E-state index contributed by atoms with van der Waals surface area (Å²) in [5, 5.41) is 7.59. The van der Waals surface area contributed by atoms with Crippen LogP contribution >= 0.6 is 12.6 Å². The number of carbonyl (C=O) groups is 1. The maximum absolute atomic E-state index is 10.4. The van der Waals surface area contributed by atoms with Gasteiger partial charge in [0.15, 0.2) is 0 Å². The number of rotatable bonds is 3. The Morgan fingerprint density at radius 3 is 2.57 bits per heavy atom. The average molecular weight is 209 g/mol. The van der Waals surface area contributed by atoms with Crippen molar-refractivity contribution in [2.45, 2.75) is 6.61 Å². The summed E-state index contributed by atoms with van der Waals surface area (Å²) in [5.74, 6) is 0.452. The van der Waals surface area contributed by atoms with Crippen LogP contribution in [0.4, 0.5) is 4.79 Å². The number of ether oxygens (including phenoxy) is 2. The monoisotopic (exact) mass is 209 g/mol. The quantitative estimate of drug-likeness (QED) is 0.470. The van der Waals surface area contributed by atoms with Gasteiger partial charge in [-0.1, -0.05) is 24.8 Å². The number of hydrogen-bond donors (Lipinski definition) is 1. The van der Waals surface area contributed by atoms with E-state index in [-0.39, 0.29) is 6.61 Å². The summed E-state index contributed by atoms with van der Waals surface area (Å²) in [6.07, 6.45) is 1.56. The van der Waals surface area contributed by atoms with Crippen LogP contribution in [0.1, 0.15) is 5.56 Å². The highest BCUT2D eigenvalue weighted by molar-refractivity contribution is 7.96. The van der Waals surface area contributed by atoms with Crippen molar-refractivity contribution >= 4 is 17.9 Å². The van der Waals surface area contributed by atoms with Crippen LogP contribution in [0.3, 0.4) is 0 Å². The zero-order valence-electron chi connectivity index (χ0n) is 7.14. The summed E-state index contributed by atoms with van der Waals surface area (Å²) in [4.78, 5) is 10.4. The molecule has 0 amide bonds. The first-order chi connectivity index (χ1) is 6.72. The summed E-state index contributed by atoms with van der Waals surface area (Å²) >= 11 is 3.45. The van der Waals surface area contributed by atoms with Crippen LogP contribution in [-0.2, 0) is 11.3 Å². The number of nitriles is 1. The highest BCUT2D eigenvalue weighted by Crippen LogP contribution is 2.12. The minimum Gasteiger partial charge on any atom is -0.453 e. The Labute approximate surface area is 86.5 Å². The first-order valence-corrected chi connectivity index (χ1v) is 4.17. The van der Waals surface area contributed by atoms with Crippen LogP contribution in [0.5, 0.6) is 5.75 Å². The molecule has 0 unspecified atom stereocenters. The fraction of sp³-hybridized carbons (Fsp3) is 0.111. The Balaban J connectivity index is 2.56. The van der Waals surface area contributed by atoms with Crippen LogP contribution in [-0.4, -0.2) is 5.30 Å². The molecule has 0 fully saturated rings. The first kappa shape index (κ1) is 10.4. The number of hydrogen-bond acceptors (Lipinski definition) is 4. The Morgan fingerprint density at radius 2 is 2.07 bits per heavy atom. The highest BCUT2D eigenvalue weighted by Gasteiger charge is 1.97. The second-order valence-corrected chi connectivity index (χ2v) is 2.76. The Morgan fingerprint density at radius 1 is 1.43 bits per heavy atom. The van der Waals surface area contributed by atoms with E-state index in [4.69, 9.17) is 5.26 Å². The highest BCUT2D eigenvalue weighted by atomic mass is 32.1. The molecule has 14 heavy (non-hydrogen) atoms. The lowest BCUT2D eigenvalue weighted by Gasteiger charge is -2.01.